The zero-order chi connectivity index (χ0) is 103. The summed E-state index contributed by atoms with van der Waals surface area (Å²) in [5.74, 6) is 8.83. The van der Waals surface area contributed by atoms with Crippen molar-refractivity contribution in [1.82, 2.24) is 0 Å². The molecule has 0 aromatic heterocycles. The largest absolute Gasteiger partial charge is 0.508 e. The number of rotatable bonds is 18. The molecular weight excluding hydrogens is 1920 g/mol. The van der Waals surface area contributed by atoms with Crippen molar-refractivity contribution >= 4 is 34.6 Å². The number of methoxy groups -OCH3 is 4. The molecule has 8 bridgehead atoms. The van der Waals surface area contributed by atoms with Crippen LogP contribution in [0, 0.1) is 47.3 Å². The van der Waals surface area contributed by atoms with Crippen LogP contribution in [0.4, 0.5) is 0 Å². The number of phenols is 3. The summed E-state index contributed by atoms with van der Waals surface area (Å²) in [4.78, 5) is 66.8. The average molecular weight is 2050 g/mol. The van der Waals surface area contributed by atoms with Gasteiger partial charge in [0.25, 0.3) is 28.7 Å². The molecule has 0 radical (unpaired) electrons. The lowest BCUT2D eigenvalue weighted by molar-refractivity contribution is -0.645. The number of hydrogen-bond acceptors (Lipinski definition) is 33. The molecule has 10 fully saturated rings. The second kappa shape index (κ2) is 46.8. The van der Waals surface area contributed by atoms with Gasteiger partial charge in [-0.15, -0.1) is 0 Å². The number of phenolic OH excluding ortho intramolecular Hbond substituents is 3. The summed E-state index contributed by atoms with van der Waals surface area (Å²) >= 11 is 0. The summed E-state index contributed by atoms with van der Waals surface area (Å²) in [6.07, 6.45) is 12.9. The molecule has 7 heterocycles. The smallest absolute Gasteiger partial charge is 0.263 e. The second-order valence-electron chi connectivity index (χ2n) is 39.0. The number of benzene rings is 11. The van der Waals surface area contributed by atoms with Gasteiger partial charge in [-0.1, -0.05) is 170 Å². The van der Waals surface area contributed by atoms with Crippen LogP contribution in [0.5, 0.6) is 51.7 Å². The number of ether oxygens (including phenoxy) is 14. The van der Waals surface area contributed by atoms with Crippen LogP contribution in [0.3, 0.4) is 0 Å². The maximum atomic E-state index is 10.8. The van der Waals surface area contributed by atoms with E-state index in [1.54, 1.807) is 107 Å². The summed E-state index contributed by atoms with van der Waals surface area (Å²) in [6.45, 7) is 6.15. The molecule has 8 aliphatic carbocycles. The lowest BCUT2D eigenvalue weighted by atomic mass is 9.47. The summed E-state index contributed by atoms with van der Waals surface area (Å²) in [7, 11) is 6.87. The van der Waals surface area contributed by atoms with Crippen LogP contribution < -0.4 is 28.4 Å². The molecule has 150 heavy (non-hydrogen) atoms. The maximum absolute atomic E-state index is 10.8. The molecule has 11 aromatic carbocycles. The van der Waals surface area contributed by atoms with Gasteiger partial charge in [0, 0.05) is 69.9 Å². The van der Waals surface area contributed by atoms with E-state index in [1.165, 1.54) is 88.5 Å². The first-order valence-corrected chi connectivity index (χ1v) is 51.1. The van der Waals surface area contributed by atoms with Gasteiger partial charge >= 0.3 is 0 Å². The van der Waals surface area contributed by atoms with Gasteiger partial charge in [0.15, 0.2) is 51.7 Å². The number of fused-ring (bicyclic) bond motifs is 2. The lowest BCUT2D eigenvalue weighted by Gasteiger charge is -2.68. The summed E-state index contributed by atoms with van der Waals surface area (Å²) in [5, 5.41) is 60.6. The van der Waals surface area contributed by atoms with Crippen molar-refractivity contribution in [2.75, 3.05) is 134 Å². The molecule has 784 valence electrons. The van der Waals surface area contributed by atoms with Crippen molar-refractivity contribution in [1.29, 1.82) is 0 Å². The fourth-order valence-electron chi connectivity index (χ4n) is 23.9. The van der Waals surface area contributed by atoms with Gasteiger partial charge in [-0.25, -0.2) is 55.5 Å². The highest BCUT2D eigenvalue weighted by Gasteiger charge is 2.78. The summed E-state index contributed by atoms with van der Waals surface area (Å²) in [6, 6.07) is 83.6. The third-order valence-electron chi connectivity index (χ3n) is 30.4. The quantitative estimate of drug-likeness (QED) is 0.0343. The van der Waals surface area contributed by atoms with E-state index in [2.05, 4.69) is 38.2 Å². The van der Waals surface area contributed by atoms with Gasteiger partial charge in [0.05, 0.1) is 99.1 Å². The van der Waals surface area contributed by atoms with Crippen molar-refractivity contribution in [3.05, 3.63) is 340 Å². The van der Waals surface area contributed by atoms with E-state index in [0.29, 0.717) is 207 Å². The Morgan fingerprint density at radius 2 is 0.620 bits per heavy atom. The van der Waals surface area contributed by atoms with Gasteiger partial charge in [-0.3, -0.25) is 0 Å². The fourth-order valence-corrected chi connectivity index (χ4v) is 23.9. The Morgan fingerprint density at radius 1 is 0.267 bits per heavy atom. The Bertz CT molecular complexity index is 6580. The standard InChI is InChI=1S/C37H44N2O12.C21H16N2O4.C21H16N2O3.2C19H24O4/c40-51-37(30-7-9-32-34(27-30)50-25-21-46-17-13-42-11-15-44-19-23-48-32)35(38-36(39-37)28-4-2-1-3-5-28)29-6-8-31-33(26-29)49-24-20-45-16-12-41-10-14-43-18-22-47-31;24-17-10-4-8-15(12-17)19-21(27-26,16-9-5-11-18(25)13-16)23-20(22-19)14-6-2-1-3-7-14;24-18-14-8-7-13-17(18)20-22-19(15-9-3-1-4-10-15)21(23-20,26-25)16-11-5-2-6-12-16;1-20-17-5-3-14(4-6-17)19(21-2)18(22-23-19)15-8-12-7-13(10-15)11-16(18)9-12;1-20-17-5-3-4-14(11-17)19(21-2)18(22-23-19)15-7-12-6-13(9-15)10-16(18)8-12/h1-9,26-27,40H,10-25H2;1-13,24-26H;1-14,24-25H;3-6,12-13,15-16H,7-11H2,1-2H3;3-5,11-13,15-16H,6-10H2,1-2H3. The molecular formula is C117H124N6O27. The minimum absolute atomic E-state index is 0.00236. The molecule has 2 saturated heterocycles. The second-order valence-corrected chi connectivity index (χ2v) is 39.0. The maximum Gasteiger partial charge on any atom is 0.263 e. The van der Waals surface area contributed by atoms with Crippen LogP contribution in [0.1, 0.15) is 125 Å². The topological polar surface area (TPSA) is 389 Å². The minimum atomic E-state index is -1.79. The van der Waals surface area contributed by atoms with Crippen molar-refractivity contribution in [2.24, 2.45) is 77.3 Å². The van der Waals surface area contributed by atoms with Crippen molar-refractivity contribution in [3.8, 4) is 51.7 Å². The van der Waals surface area contributed by atoms with Crippen molar-refractivity contribution < 1.29 is 132 Å². The highest BCUT2D eigenvalue weighted by Crippen LogP contribution is 2.71. The zero-order valence-electron chi connectivity index (χ0n) is 84.0. The van der Waals surface area contributed by atoms with Gasteiger partial charge < -0.3 is 81.6 Å². The van der Waals surface area contributed by atoms with E-state index in [4.69, 9.17) is 111 Å². The molecule has 33 heteroatoms. The van der Waals surface area contributed by atoms with Gasteiger partial charge in [0.2, 0.25) is 0 Å². The molecule has 6 N–H and O–H groups in total. The molecule has 2 spiro atoms. The number of nitrogens with zero attached hydrogens (tertiary/aromatic N) is 6. The number of aliphatic imine (C=N–C) groups is 6. The van der Waals surface area contributed by atoms with Crippen LogP contribution in [0.25, 0.3) is 0 Å². The fraction of sp³-hybridized carbons (Fsp3) is 0.385. The number of amidine groups is 3. The lowest BCUT2D eigenvalue weighted by Crippen LogP contribution is -2.76. The first kappa shape index (κ1) is 104. The molecule has 26 rings (SSSR count). The molecule has 11 aromatic rings. The molecule has 0 amide bonds. The average Bonchev–Trinajstić information content (AvgIpc) is 0.921. The Balaban J connectivity index is 0.000000118. The van der Waals surface area contributed by atoms with Crippen LogP contribution in [0.2, 0.25) is 0 Å². The van der Waals surface area contributed by atoms with Crippen LogP contribution >= 0.6 is 0 Å². The molecule has 5 atom stereocenters. The van der Waals surface area contributed by atoms with E-state index >= 15 is 0 Å². The number of para-hydroxylation sites is 1. The van der Waals surface area contributed by atoms with Crippen molar-refractivity contribution in [3.63, 3.8) is 0 Å². The monoisotopic (exact) mass is 2040 g/mol. The summed E-state index contributed by atoms with van der Waals surface area (Å²) in [5.41, 5.74) is 2.84. The highest BCUT2D eigenvalue weighted by molar-refractivity contribution is 6.22. The predicted molar refractivity (Wildman–Crippen MR) is 553 cm³/mol. The van der Waals surface area contributed by atoms with E-state index in [0.717, 1.165) is 63.0 Å². The normalized spacial score (nSPS) is 28.5. The Kier molecular flexibility index (Phi) is 32.5. The molecule has 7 aliphatic heterocycles. The molecule has 33 nitrogen and oxygen atoms in total. The Labute approximate surface area is 869 Å². The molecule has 15 aliphatic rings. The number of aromatic hydroxyl groups is 3. The van der Waals surface area contributed by atoms with Crippen LogP contribution in [-0.2, 0) is 101 Å². The zero-order valence-corrected chi connectivity index (χ0v) is 84.0. The van der Waals surface area contributed by atoms with Crippen molar-refractivity contribution in [2.45, 2.75) is 104 Å². The Morgan fingerprint density at radius 3 is 1.07 bits per heavy atom. The van der Waals surface area contributed by atoms with Crippen LogP contribution in [0.15, 0.2) is 309 Å². The third kappa shape index (κ3) is 20.7. The van der Waals surface area contributed by atoms with E-state index in [-0.39, 0.29) is 41.7 Å². The summed E-state index contributed by atoms with van der Waals surface area (Å²) < 4.78 is 80.7. The Hall–Kier alpha value is -13.1. The molecule has 8 saturated carbocycles. The van der Waals surface area contributed by atoms with Gasteiger partial charge in [0.1, 0.15) is 72.3 Å². The molecule has 5 unspecified atom stereocenters. The van der Waals surface area contributed by atoms with E-state index in [1.807, 2.05) is 158 Å². The highest BCUT2D eigenvalue weighted by atomic mass is 17.3. The first-order chi connectivity index (χ1) is 73.6. The third-order valence-corrected chi connectivity index (χ3v) is 30.4. The predicted octanol–water partition coefficient (Wildman–Crippen LogP) is 18.9. The number of hydrogen-bond donors (Lipinski definition) is 6. The van der Waals surface area contributed by atoms with Crippen LogP contribution in [-0.4, -0.2) is 211 Å². The van der Waals surface area contributed by atoms with Gasteiger partial charge in [-0.05, 0) is 221 Å². The SMILES string of the molecule is COc1ccc(C2(OC)OOC23C2CC4CC(C2)CC3C4)cc1.COc1cccc(C2(OC)OOC23C2CC4CC(C2)CC3C4)c1.OOC1(c2ccc3c(c2)OCCOCCOCCOCCO3)N=C(c2ccccc2)N=C1c1ccc2c(c1)OCCOCCOCCOCCO2.OOC1(c2cccc(O)c2)N=C(c2ccccc2)N=C1c1cccc(O)c1.OOC1(c2ccccc2)N=C(c2ccccc2O)N=C1c1ccccc1. The van der Waals surface area contributed by atoms with E-state index < -0.39 is 28.7 Å². The van der Waals surface area contributed by atoms with Gasteiger partial charge in [-0.2, -0.15) is 24.4 Å². The minimum Gasteiger partial charge on any atom is -0.508 e. The van der Waals surface area contributed by atoms with E-state index in [9.17, 15) is 31.1 Å². The first-order valence-electron chi connectivity index (χ1n) is 51.1.